The van der Waals surface area contributed by atoms with Crippen molar-refractivity contribution in [3.8, 4) is 0 Å². The molecule has 0 spiro atoms. The lowest BCUT2D eigenvalue weighted by Gasteiger charge is -2.04. The Kier molecular flexibility index (Phi) is 3.81. The number of rotatable bonds is 5. The van der Waals surface area contributed by atoms with E-state index in [1.165, 1.54) is 6.33 Å². The van der Waals surface area contributed by atoms with Gasteiger partial charge in [-0.05, 0) is 24.4 Å². The topological polar surface area (TPSA) is 73.6 Å². The standard InChI is InChI=1S/C11H15N5OS/c1-4-16-9(12-6-13-16)5-8(17)11-10(7(2)3)14-15-18-11/h6-7H,4-5H2,1-3H3. The lowest BCUT2D eigenvalue weighted by atomic mass is 10.1. The number of aromatic nitrogens is 5. The number of aryl methyl sites for hydroxylation is 1. The van der Waals surface area contributed by atoms with Crippen LogP contribution in [0.5, 0.6) is 0 Å². The van der Waals surface area contributed by atoms with E-state index in [-0.39, 0.29) is 18.1 Å². The molecule has 2 aromatic rings. The maximum atomic E-state index is 12.2. The van der Waals surface area contributed by atoms with Gasteiger partial charge in [0.05, 0.1) is 12.1 Å². The van der Waals surface area contributed by atoms with Crippen molar-refractivity contribution in [1.82, 2.24) is 24.4 Å². The van der Waals surface area contributed by atoms with Crippen LogP contribution in [0.4, 0.5) is 0 Å². The maximum absolute atomic E-state index is 12.2. The van der Waals surface area contributed by atoms with Gasteiger partial charge in [0, 0.05) is 6.54 Å². The highest BCUT2D eigenvalue weighted by atomic mass is 32.1. The van der Waals surface area contributed by atoms with Crippen LogP contribution in [0, 0.1) is 0 Å². The quantitative estimate of drug-likeness (QED) is 0.769. The number of carbonyl (C=O) groups excluding carboxylic acids is 1. The van der Waals surface area contributed by atoms with Crippen molar-refractivity contribution in [3.63, 3.8) is 0 Å². The van der Waals surface area contributed by atoms with Gasteiger partial charge in [0.2, 0.25) is 0 Å². The first kappa shape index (κ1) is 12.8. The van der Waals surface area contributed by atoms with Gasteiger partial charge in [-0.2, -0.15) is 5.10 Å². The van der Waals surface area contributed by atoms with E-state index in [4.69, 9.17) is 0 Å². The molecule has 0 saturated carbocycles. The van der Waals surface area contributed by atoms with E-state index in [0.717, 1.165) is 17.2 Å². The van der Waals surface area contributed by atoms with Gasteiger partial charge in [-0.3, -0.25) is 4.79 Å². The second-order valence-electron chi connectivity index (χ2n) is 4.23. The largest absolute Gasteiger partial charge is 0.293 e. The SMILES string of the molecule is CCn1ncnc1CC(=O)c1snnc1C(C)C. The number of ketones is 1. The van der Waals surface area contributed by atoms with Gasteiger partial charge >= 0.3 is 0 Å². The molecule has 0 fully saturated rings. The molecule has 0 unspecified atom stereocenters. The molecule has 0 aliphatic carbocycles. The molecule has 0 atom stereocenters. The van der Waals surface area contributed by atoms with Crippen LogP contribution in [0.2, 0.25) is 0 Å². The fraction of sp³-hybridized carbons (Fsp3) is 0.545. The van der Waals surface area contributed by atoms with Crippen molar-refractivity contribution in [2.24, 2.45) is 0 Å². The van der Waals surface area contributed by atoms with Crippen LogP contribution in [-0.2, 0) is 13.0 Å². The van der Waals surface area contributed by atoms with Crippen molar-refractivity contribution < 1.29 is 4.79 Å². The van der Waals surface area contributed by atoms with Crippen molar-refractivity contribution >= 4 is 17.3 Å². The van der Waals surface area contributed by atoms with E-state index in [2.05, 4.69) is 19.7 Å². The molecule has 2 aromatic heterocycles. The smallest absolute Gasteiger partial charge is 0.183 e. The third kappa shape index (κ3) is 2.45. The van der Waals surface area contributed by atoms with Crippen LogP contribution in [0.1, 0.15) is 47.9 Å². The molecule has 7 heteroatoms. The first-order valence-electron chi connectivity index (χ1n) is 5.85. The van der Waals surface area contributed by atoms with Crippen LogP contribution in [0.25, 0.3) is 0 Å². The van der Waals surface area contributed by atoms with Crippen molar-refractivity contribution in [1.29, 1.82) is 0 Å². The monoisotopic (exact) mass is 265 g/mol. The molecule has 0 aliphatic rings. The lowest BCUT2D eigenvalue weighted by Crippen LogP contribution is -2.11. The molecule has 18 heavy (non-hydrogen) atoms. The first-order valence-corrected chi connectivity index (χ1v) is 6.63. The molecular formula is C11H15N5OS. The molecule has 0 aliphatic heterocycles. The third-order valence-corrected chi connectivity index (χ3v) is 3.41. The van der Waals surface area contributed by atoms with Crippen LogP contribution in [-0.4, -0.2) is 30.1 Å². The van der Waals surface area contributed by atoms with E-state index >= 15 is 0 Å². The van der Waals surface area contributed by atoms with Crippen LogP contribution in [0.15, 0.2) is 6.33 Å². The Bertz CT molecular complexity index is 545. The molecular weight excluding hydrogens is 250 g/mol. The molecule has 0 saturated heterocycles. The zero-order chi connectivity index (χ0) is 13.1. The summed E-state index contributed by atoms with van der Waals surface area (Å²) in [5.41, 5.74) is 0.771. The summed E-state index contributed by atoms with van der Waals surface area (Å²) in [5.74, 6) is 0.897. The zero-order valence-corrected chi connectivity index (χ0v) is 11.4. The Balaban J connectivity index is 2.20. The molecule has 2 heterocycles. The van der Waals surface area contributed by atoms with Crippen LogP contribution < -0.4 is 0 Å². The highest BCUT2D eigenvalue weighted by Gasteiger charge is 2.20. The molecule has 0 bridgehead atoms. The van der Waals surface area contributed by atoms with E-state index in [9.17, 15) is 4.79 Å². The van der Waals surface area contributed by atoms with Crippen LogP contribution in [0.3, 0.4) is 0 Å². The van der Waals surface area contributed by atoms with Gasteiger partial charge in [-0.1, -0.05) is 18.3 Å². The van der Waals surface area contributed by atoms with Crippen molar-refractivity contribution in [3.05, 3.63) is 22.7 Å². The summed E-state index contributed by atoms with van der Waals surface area (Å²) in [6.07, 6.45) is 1.72. The Morgan fingerprint density at radius 3 is 2.94 bits per heavy atom. The normalized spacial score (nSPS) is 11.1. The molecule has 0 radical (unpaired) electrons. The minimum absolute atomic E-state index is 0.0106. The number of hydrogen-bond acceptors (Lipinski definition) is 6. The minimum Gasteiger partial charge on any atom is -0.293 e. The fourth-order valence-electron chi connectivity index (χ4n) is 1.68. The highest BCUT2D eigenvalue weighted by molar-refractivity contribution is 7.08. The third-order valence-electron chi connectivity index (χ3n) is 2.63. The summed E-state index contributed by atoms with van der Waals surface area (Å²) in [4.78, 5) is 17.0. The zero-order valence-electron chi connectivity index (χ0n) is 10.6. The first-order chi connectivity index (χ1) is 8.63. The van der Waals surface area contributed by atoms with E-state index in [1.807, 2.05) is 20.8 Å². The number of Topliss-reactive ketones (excluding diaryl/α,β-unsaturated/α-hetero) is 1. The predicted molar refractivity (Wildman–Crippen MR) is 67.7 cm³/mol. The Morgan fingerprint density at radius 1 is 1.50 bits per heavy atom. The van der Waals surface area contributed by atoms with Gasteiger partial charge in [0.1, 0.15) is 17.0 Å². The molecule has 0 aromatic carbocycles. The Hall–Kier alpha value is -1.63. The number of carbonyl (C=O) groups is 1. The summed E-state index contributed by atoms with van der Waals surface area (Å²) >= 11 is 1.15. The molecule has 6 nitrogen and oxygen atoms in total. The average molecular weight is 265 g/mol. The Labute approximate surface area is 109 Å². The summed E-state index contributed by atoms with van der Waals surface area (Å²) in [6.45, 7) is 6.68. The van der Waals surface area contributed by atoms with E-state index < -0.39 is 0 Å². The number of nitrogens with zero attached hydrogens (tertiary/aromatic N) is 5. The summed E-state index contributed by atoms with van der Waals surface area (Å²) in [6, 6.07) is 0. The molecule has 2 rings (SSSR count). The van der Waals surface area contributed by atoms with Gasteiger partial charge in [-0.15, -0.1) is 5.10 Å². The van der Waals surface area contributed by atoms with E-state index in [0.29, 0.717) is 17.2 Å². The van der Waals surface area contributed by atoms with Crippen LogP contribution >= 0.6 is 11.5 Å². The summed E-state index contributed by atoms with van der Waals surface area (Å²) < 4.78 is 5.59. The fourth-order valence-corrected chi connectivity index (χ4v) is 2.44. The van der Waals surface area contributed by atoms with Gasteiger partial charge in [-0.25, -0.2) is 9.67 Å². The predicted octanol–water partition coefficient (Wildman–Crippen LogP) is 1.70. The molecule has 0 N–H and O–H groups in total. The van der Waals surface area contributed by atoms with Gasteiger partial charge in [0.15, 0.2) is 5.78 Å². The second-order valence-corrected chi connectivity index (χ2v) is 4.99. The second kappa shape index (κ2) is 5.34. The minimum atomic E-state index is 0.0106. The molecule has 96 valence electrons. The molecule has 0 amide bonds. The van der Waals surface area contributed by atoms with Gasteiger partial charge < -0.3 is 0 Å². The van der Waals surface area contributed by atoms with Gasteiger partial charge in [0.25, 0.3) is 0 Å². The summed E-state index contributed by atoms with van der Waals surface area (Å²) in [7, 11) is 0. The van der Waals surface area contributed by atoms with Crippen molar-refractivity contribution in [2.45, 2.75) is 39.7 Å². The van der Waals surface area contributed by atoms with Crippen molar-refractivity contribution in [2.75, 3.05) is 0 Å². The lowest BCUT2D eigenvalue weighted by molar-refractivity contribution is 0.0992. The highest BCUT2D eigenvalue weighted by Crippen LogP contribution is 2.21. The average Bonchev–Trinajstić information content (AvgIpc) is 2.96. The summed E-state index contributed by atoms with van der Waals surface area (Å²) in [5, 5.41) is 8.07. The van der Waals surface area contributed by atoms with E-state index in [1.54, 1.807) is 4.68 Å². The number of hydrogen-bond donors (Lipinski definition) is 0. The maximum Gasteiger partial charge on any atom is 0.183 e. The Morgan fingerprint density at radius 2 is 2.28 bits per heavy atom.